The molecule has 126 valence electrons. The van der Waals surface area contributed by atoms with E-state index in [9.17, 15) is 14.4 Å². The number of urea groups is 1. The highest BCUT2D eigenvalue weighted by atomic mass is 16.5. The van der Waals surface area contributed by atoms with E-state index in [2.05, 4.69) is 15.6 Å². The lowest BCUT2D eigenvalue weighted by Gasteiger charge is -2.15. The van der Waals surface area contributed by atoms with Gasteiger partial charge in [-0.15, -0.1) is 0 Å². The second-order valence-electron chi connectivity index (χ2n) is 5.33. The lowest BCUT2D eigenvalue weighted by atomic mass is 10.0. The number of benzene rings is 1. The number of para-hydroxylation sites is 1. The molecule has 0 fully saturated rings. The smallest absolute Gasteiger partial charge is 0.341 e. The summed E-state index contributed by atoms with van der Waals surface area (Å²) < 4.78 is 5.18. The van der Waals surface area contributed by atoms with Gasteiger partial charge in [-0.1, -0.05) is 18.2 Å². The number of hydrogen-bond acceptors (Lipinski definition) is 5. The Balaban J connectivity index is 2.25. The number of carbonyl (C=O) groups is 3. The van der Waals surface area contributed by atoms with Crippen molar-refractivity contribution in [2.45, 2.75) is 26.9 Å². The first-order valence-electron chi connectivity index (χ1n) is 7.44. The Labute approximate surface area is 139 Å². The Morgan fingerprint density at radius 1 is 1.17 bits per heavy atom. The van der Waals surface area contributed by atoms with Crippen LogP contribution in [0.3, 0.4) is 0 Å². The van der Waals surface area contributed by atoms with Crippen molar-refractivity contribution in [1.29, 1.82) is 0 Å². The molecule has 3 amide bonds. The number of pyridine rings is 1. The monoisotopic (exact) mass is 329 g/mol. The molecule has 2 N–H and O–H groups in total. The highest BCUT2D eigenvalue weighted by Gasteiger charge is 2.24. The molecule has 0 saturated carbocycles. The fourth-order valence-corrected chi connectivity index (χ4v) is 2.38. The number of esters is 1. The van der Waals surface area contributed by atoms with Gasteiger partial charge in [0.05, 0.1) is 16.8 Å². The van der Waals surface area contributed by atoms with Gasteiger partial charge in [-0.3, -0.25) is 15.1 Å². The SMILES string of the molecule is CNC(=O)NC(=O)[C@@H](C)OC(=O)c1c(C)nc2ccccc2c1C. The number of fused-ring (bicyclic) bond motifs is 1. The van der Waals surface area contributed by atoms with E-state index in [0.29, 0.717) is 11.3 Å². The quantitative estimate of drug-likeness (QED) is 0.838. The van der Waals surface area contributed by atoms with Crippen molar-refractivity contribution in [3.63, 3.8) is 0 Å². The summed E-state index contributed by atoms with van der Waals surface area (Å²) in [7, 11) is 1.38. The topological polar surface area (TPSA) is 97.4 Å². The van der Waals surface area contributed by atoms with Crippen molar-refractivity contribution in [3.8, 4) is 0 Å². The summed E-state index contributed by atoms with van der Waals surface area (Å²) in [6, 6.07) is 6.81. The van der Waals surface area contributed by atoms with Gasteiger partial charge in [0.25, 0.3) is 5.91 Å². The zero-order chi connectivity index (χ0) is 17.9. The van der Waals surface area contributed by atoms with Gasteiger partial charge >= 0.3 is 12.0 Å². The van der Waals surface area contributed by atoms with Crippen molar-refractivity contribution in [2.75, 3.05) is 7.05 Å². The normalized spacial score (nSPS) is 11.7. The van der Waals surface area contributed by atoms with E-state index in [1.165, 1.54) is 14.0 Å². The number of nitrogens with one attached hydrogen (secondary N) is 2. The molecule has 0 unspecified atom stereocenters. The molecular formula is C17H19N3O4. The van der Waals surface area contributed by atoms with Crippen LogP contribution in [-0.2, 0) is 9.53 Å². The number of carbonyl (C=O) groups excluding carboxylic acids is 3. The number of aromatic nitrogens is 1. The Kier molecular flexibility index (Phi) is 5.13. The van der Waals surface area contributed by atoms with Crippen LogP contribution in [0.1, 0.15) is 28.5 Å². The third-order valence-electron chi connectivity index (χ3n) is 3.65. The van der Waals surface area contributed by atoms with Gasteiger partial charge in [-0.25, -0.2) is 9.59 Å². The summed E-state index contributed by atoms with van der Waals surface area (Å²) >= 11 is 0. The standard InChI is InChI=1S/C17H19N3O4/c1-9-12-7-5-6-8-13(12)19-10(2)14(9)16(22)24-11(3)15(21)20-17(23)18-4/h5-8,11H,1-4H3,(H2,18,20,21,23)/t11-/m1/s1. The number of aryl methyl sites for hydroxylation is 2. The predicted octanol–water partition coefficient (Wildman–Crippen LogP) is 1.85. The van der Waals surface area contributed by atoms with E-state index < -0.39 is 24.0 Å². The molecule has 2 aromatic rings. The summed E-state index contributed by atoms with van der Waals surface area (Å²) in [5, 5.41) is 5.16. The molecule has 7 nitrogen and oxygen atoms in total. The summed E-state index contributed by atoms with van der Waals surface area (Å²) in [5.74, 6) is -1.35. The van der Waals surface area contributed by atoms with Crippen LogP contribution in [0.4, 0.5) is 4.79 Å². The van der Waals surface area contributed by atoms with E-state index in [1.807, 2.05) is 31.2 Å². The molecule has 0 aliphatic heterocycles. The first-order chi connectivity index (χ1) is 11.3. The molecule has 0 aliphatic rings. The Morgan fingerprint density at radius 3 is 2.50 bits per heavy atom. The van der Waals surface area contributed by atoms with Crippen molar-refractivity contribution in [2.24, 2.45) is 0 Å². The molecule has 2 rings (SSSR count). The molecule has 1 aromatic carbocycles. The van der Waals surface area contributed by atoms with Gasteiger partial charge in [0, 0.05) is 12.4 Å². The average Bonchev–Trinajstić information content (AvgIpc) is 2.54. The highest BCUT2D eigenvalue weighted by molar-refractivity contribution is 6.01. The summed E-state index contributed by atoms with van der Waals surface area (Å²) in [4.78, 5) is 39.8. The second kappa shape index (κ2) is 7.08. The Hall–Kier alpha value is -2.96. The summed E-state index contributed by atoms with van der Waals surface area (Å²) in [6.45, 7) is 4.92. The van der Waals surface area contributed by atoms with Gasteiger partial charge in [-0.05, 0) is 32.4 Å². The van der Waals surface area contributed by atoms with Crippen LogP contribution < -0.4 is 10.6 Å². The van der Waals surface area contributed by atoms with Crippen LogP contribution in [0, 0.1) is 13.8 Å². The fourth-order valence-electron chi connectivity index (χ4n) is 2.38. The van der Waals surface area contributed by atoms with E-state index in [-0.39, 0.29) is 0 Å². The molecule has 7 heteroatoms. The highest BCUT2D eigenvalue weighted by Crippen LogP contribution is 2.23. The van der Waals surface area contributed by atoms with Gasteiger partial charge in [0.1, 0.15) is 0 Å². The number of rotatable bonds is 3. The van der Waals surface area contributed by atoms with Crippen LogP contribution >= 0.6 is 0 Å². The molecule has 0 spiro atoms. The number of imide groups is 1. The zero-order valence-electron chi connectivity index (χ0n) is 14.0. The molecule has 0 saturated heterocycles. The third kappa shape index (κ3) is 3.51. The van der Waals surface area contributed by atoms with E-state index in [0.717, 1.165) is 16.5 Å². The maximum absolute atomic E-state index is 12.5. The molecule has 1 atom stereocenters. The van der Waals surface area contributed by atoms with Crippen LogP contribution in [-0.4, -0.2) is 36.0 Å². The van der Waals surface area contributed by atoms with Gasteiger partial charge < -0.3 is 10.1 Å². The minimum Gasteiger partial charge on any atom is -0.449 e. The van der Waals surface area contributed by atoms with Crippen LogP contribution in [0.25, 0.3) is 10.9 Å². The maximum Gasteiger partial charge on any atom is 0.341 e. The summed E-state index contributed by atoms with van der Waals surface area (Å²) in [6.07, 6.45) is -1.11. The van der Waals surface area contributed by atoms with Crippen molar-refractivity contribution in [1.82, 2.24) is 15.6 Å². The van der Waals surface area contributed by atoms with E-state index in [1.54, 1.807) is 6.92 Å². The van der Waals surface area contributed by atoms with Gasteiger partial charge in [0.2, 0.25) is 0 Å². The van der Waals surface area contributed by atoms with Crippen LogP contribution in [0.2, 0.25) is 0 Å². The molecule has 0 bridgehead atoms. The lowest BCUT2D eigenvalue weighted by molar-refractivity contribution is -0.127. The molecule has 0 aliphatic carbocycles. The number of hydrogen-bond donors (Lipinski definition) is 2. The minimum absolute atomic E-state index is 0.327. The first-order valence-corrected chi connectivity index (χ1v) is 7.44. The number of amides is 3. The zero-order valence-corrected chi connectivity index (χ0v) is 14.0. The molecule has 24 heavy (non-hydrogen) atoms. The van der Waals surface area contributed by atoms with Gasteiger partial charge in [0.15, 0.2) is 6.10 Å². The first kappa shape index (κ1) is 17.4. The average molecular weight is 329 g/mol. The summed E-state index contributed by atoms with van der Waals surface area (Å²) in [5.41, 5.74) is 2.37. The second-order valence-corrected chi connectivity index (χ2v) is 5.33. The Bertz CT molecular complexity index is 817. The van der Waals surface area contributed by atoms with Crippen molar-refractivity contribution < 1.29 is 19.1 Å². The van der Waals surface area contributed by atoms with Crippen molar-refractivity contribution in [3.05, 3.63) is 41.1 Å². The third-order valence-corrected chi connectivity index (χ3v) is 3.65. The van der Waals surface area contributed by atoms with Gasteiger partial charge in [-0.2, -0.15) is 0 Å². The lowest BCUT2D eigenvalue weighted by Crippen LogP contribution is -2.43. The molecule has 1 heterocycles. The molecule has 1 aromatic heterocycles. The molecule has 0 radical (unpaired) electrons. The number of ether oxygens (including phenoxy) is 1. The fraction of sp³-hybridized carbons (Fsp3) is 0.294. The Morgan fingerprint density at radius 2 is 1.83 bits per heavy atom. The largest absolute Gasteiger partial charge is 0.449 e. The van der Waals surface area contributed by atoms with Crippen LogP contribution in [0.5, 0.6) is 0 Å². The maximum atomic E-state index is 12.5. The minimum atomic E-state index is -1.11. The molecular weight excluding hydrogens is 310 g/mol. The van der Waals surface area contributed by atoms with Crippen molar-refractivity contribution >= 4 is 28.8 Å². The predicted molar refractivity (Wildman–Crippen MR) is 88.7 cm³/mol. The van der Waals surface area contributed by atoms with E-state index in [4.69, 9.17) is 4.74 Å². The van der Waals surface area contributed by atoms with Crippen LogP contribution in [0.15, 0.2) is 24.3 Å². The number of nitrogens with zero attached hydrogens (tertiary/aromatic N) is 1. The van der Waals surface area contributed by atoms with E-state index >= 15 is 0 Å².